The van der Waals surface area contributed by atoms with E-state index in [1.165, 1.54) is 0 Å². The monoisotopic (exact) mass is 398 g/mol. The van der Waals surface area contributed by atoms with Gasteiger partial charge in [-0.3, -0.25) is 9.59 Å². The van der Waals surface area contributed by atoms with Gasteiger partial charge in [-0.25, -0.2) is 4.21 Å². The second-order valence-corrected chi connectivity index (χ2v) is 8.38. The molecule has 1 aromatic rings. The molecule has 26 heavy (non-hydrogen) atoms. The van der Waals surface area contributed by atoms with Crippen molar-refractivity contribution in [2.24, 2.45) is 5.92 Å². The largest absolute Gasteiger partial charge is 0.340 e. The number of rotatable bonds is 7. The molecule has 1 saturated carbocycles. The van der Waals surface area contributed by atoms with Crippen molar-refractivity contribution in [2.45, 2.75) is 52.0 Å². The fourth-order valence-electron chi connectivity index (χ4n) is 3.47. The van der Waals surface area contributed by atoms with Gasteiger partial charge in [0.25, 0.3) is 0 Å². The number of amides is 1. The van der Waals surface area contributed by atoms with Crippen LogP contribution in [-0.4, -0.2) is 39.6 Å². The van der Waals surface area contributed by atoms with Crippen LogP contribution in [0.3, 0.4) is 0 Å². The molecule has 0 aliphatic heterocycles. The molecule has 0 saturated heterocycles. The molecule has 2 rings (SSSR count). The van der Waals surface area contributed by atoms with E-state index < -0.39 is 11.0 Å². The molecule has 0 radical (unpaired) electrons. The Morgan fingerprint density at radius 2 is 2.04 bits per heavy atom. The predicted molar refractivity (Wildman–Crippen MR) is 107 cm³/mol. The summed E-state index contributed by atoms with van der Waals surface area (Å²) in [6.07, 6.45) is 4.78. The summed E-state index contributed by atoms with van der Waals surface area (Å²) in [5, 5.41) is 0.561. The number of carbonyl (C=O) groups is 2. The van der Waals surface area contributed by atoms with Crippen LogP contribution in [0.4, 0.5) is 5.69 Å². The van der Waals surface area contributed by atoms with Gasteiger partial charge >= 0.3 is 0 Å². The summed E-state index contributed by atoms with van der Waals surface area (Å²) in [6.45, 7) is 4.56. The van der Waals surface area contributed by atoms with Crippen molar-refractivity contribution in [3.05, 3.63) is 28.8 Å². The maximum Gasteiger partial charge on any atom is 0.225 e. The molecule has 2 unspecified atom stereocenters. The van der Waals surface area contributed by atoms with E-state index in [2.05, 4.69) is 4.72 Å². The Hall–Kier alpha value is -1.40. The molecule has 0 spiro atoms. The summed E-state index contributed by atoms with van der Waals surface area (Å²) < 4.78 is 14.0. The molecular formula is C19H27ClN2O3S. The number of Topliss-reactive ketones (excluding diaryl/α,β-unsaturated/α-hetero) is 1. The van der Waals surface area contributed by atoms with E-state index in [0.29, 0.717) is 42.3 Å². The smallest absolute Gasteiger partial charge is 0.225 e. The zero-order valence-corrected chi connectivity index (χ0v) is 17.2. The Kier molecular flexibility index (Phi) is 7.65. The van der Waals surface area contributed by atoms with Gasteiger partial charge in [0.2, 0.25) is 5.91 Å². The van der Waals surface area contributed by atoms with Crippen molar-refractivity contribution in [3.8, 4) is 0 Å². The van der Waals surface area contributed by atoms with Crippen molar-refractivity contribution >= 4 is 40.0 Å². The van der Waals surface area contributed by atoms with Gasteiger partial charge in [-0.15, -0.1) is 0 Å². The Balaban J connectivity index is 2.03. The number of halogens is 1. The summed E-state index contributed by atoms with van der Waals surface area (Å²) in [6, 6.07) is 5.59. The summed E-state index contributed by atoms with van der Waals surface area (Å²) >= 11 is 6.34. The summed E-state index contributed by atoms with van der Waals surface area (Å²) in [5.74, 6) is 0.218. The molecule has 2 atom stereocenters. The molecular weight excluding hydrogens is 372 g/mol. The van der Waals surface area contributed by atoms with Crippen LogP contribution in [0.2, 0.25) is 5.02 Å². The number of ketones is 1. The molecule has 0 heterocycles. The highest BCUT2D eigenvalue weighted by Crippen LogP contribution is 2.26. The van der Waals surface area contributed by atoms with Crippen molar-refractivity contribution in [3.63, 3.8) is 0 Å². The number of hydrogen-bond acceptors (Lipinski definition) is 3. The van der Waals surface area contributed by atoms with Gasteiger partial charge in [0.15, 0.2) is 0 Å². The van der Waals surface area contributed by atoms with Gasteiger partial charge in [0.1, 0.15) is 16.8 Å². The van der Waals surface area contributed by atoms with E-state index in [4.69, 9.17) is 11.6 Å². The first-order valence-corrected chi connectivity index (χ1v) is 11.0. The third-order valence-electron chi connectivity index (χ3n) is 4.84. The van der Waals surface area contributed by atoms with Crippen LogP contribution in [0.15, 0.2) is 18.2 Å². The van der Waals surface area contributed by atoms with Crippen LogP contribution in [0.5, 0.6) is 0 Å². The number of anilines is 1. The summed E-state index contributed by atoms with van der Waals surface area (Å²) in [7, 11) is -1.16. The first-order valence-electron chi connectivity index (χ1n) is 9.02. The minimum absolute atomic E-state index is 0.111. The van der Waals surface area contributed by atoms with Crippen LogP contribution in [-0.2, 0) is 27.0 Å². The second kappa shape index (κ2) is 9.51. The summed E-state index contributed by atoms with van der Waals surface area (Å²) in [4.78, 5) is 26.3. The van der Waals surface area contributed by atoms with Crippen molar-refractivity contribution in [1.29, 1.82) is 0 Å². The van der Waals surface area contributed by atoms with Crippen LogP contribution in [0.1, 0.15) is 45.1 Å². The van der Waals surface area contributed by atoms with E-state index in [-0.39, 0.29) is 17.9 Å². The average molecular weight is 399 g/mol. The molecule has 1 fully saturated rings. The molecule has 0 bridgehead atoms. The third kappa shape index (κ3) is 5.55. The zero-order chi connectivity index (χ0) is 19.3. The Morgan fingerprint density at radius 1 is 1.38 bits per heavy atom. The van der Waals surface area contributed by atoms with Gasteiger partial charge in [-0.2, -0.15) is 0 Å². The highest BCUT2D eigenvalue weighted by Gasteiger charge is 2.29. The minimum atomic E-state index is -1.16. The Bertz CT molecular complexity index is 685. The van der Waals surface area contributed by atoms with Crippen molar-refractivity contribution < 1.29 is 13.8 Å². The molecule has 1 N–H and O–H groups in total. The lowest BCUT2D eigenvalue weighted by Crippen LogP contribution is -2.45. The maximum absolute atomic E-state index is 12.9. The molecule has 5 nitrogen and oxygen atoms in total. The molecule has 1 aliphatic rings. The molecule has 7 heteroatoms. The fraction of sp³-hybridized carbons (Fsp3) is 0.579. The van der Waals surface area contributed by atoms with E-state index in [0.717, 1.165) is 18.4 Å². The van der Waals surface area contributed by atoms with Gasteiger partial charge in [-0.1, -0.05) is 24.6 Å². The quantitative estimate of drug-likeness (QED) is 0.763. The van der Waals surface area contributed by atoms with Crippen LogP contribution in [0.25, 0.3) is 0 Å². The molecule has 144 valence electrons. The highest BCUT2D eigenvalue weighted by atomic mass is 35.5. The zero-order valence-electron chi connectivity index (χ0n) is 15.6. The van der Waals surface area contributed by atoms with Crippen LogP contribution < -0.4 is 4.72 Å². The first-order chi connectivity index (χ1) is 12.3. The maximum atomic E-state index is 12.9. The highest BCUT2D eigenvalue weighted by molar-refractivity contribution is 7.85. The molecule has 1 amide bonds. The van der Waals surface area contributed by atoms with Crippen molar-refractivity contribution in [1.82, 2.24) is 4.90 Å². The number of carbonyl (C=O) groups excluding carboxylic acids is 2. The number of hydrogen-bond donors (Lipinski definition) is 1. The van der Waals surface area contributed by atoms with Gasteiger partial charge < -0.3 is 9.62 Å². The average Bonchev–Trinajstić information content (AvgIpc) is 2.59. The first kappa shape index (κ1) is 20.9. The Labute approximate surface area is 163 Å². The van der Waals surface area contributed by atoms with E-state index in [1.54, 1.807) is 12.3 Å². The normalized spacial score (nSPS) is 17.6. The lowest BCUT2D eigenvalue weighted by Gasteiger charge is -2.35. The van der Waals surface area contributed by atoms with E-state index in [9.17, 15) is 13.8 Å². The third-order valence-corrected chi connectivity index (χ3v) is 5.71. The lowest BCUT2D eigenvalue weighted by atomic mass is 9.91. The van der Waals surface area contributed by atoms with Crippen molar-refractivity contribution in [2.75, 3.05) is 17.5 Å². The SMILES string of the molecule is CCN(C(=O)C(C)Cc1ccc(NS(C)=O)cc1Cl)C1CCC(=O)CC1. The van der Waals surface area contributed by atoms with Gasteiger partial charge in [0, 0.05) is 48.3 Å². The van der Waals surface area contributed by atoms with Crippen LogP contribution >= 0.6 is 11.6 Å². The molecule has 1 aliphatic carbocycles. The fourth-order valence-corrected chi connectivity index (χ4v) is 4.19. The van der Waals surface area contributed by atoms with E-state index in [1.807, 2.05) is 30.9 Å². The number of benzene rings is 1. The van der Waals surface area contributed by atoms with Gasteiger partial charge in [0.05, 0.1) is 0 Å². The Morgan fingerprint density at radius 3 is 2.58 bits per heavy atom. The van der Waals surface area contributed by atoms with Gasteiger partial charge in [-0.05, 0) is 43.9 Å². The molecule has 1 aromatic carbocycles. The number of nitrogens with zero attached hydrogens (tertiary/aromatic N) is 1. The summed E-state index contributed by atoms with van der Waals surface area (Å²) in [5.41, 5.74) is 1.59. The minimum Gasteiger partial charge on any atom is -0.340 e. The molecule has 0 aromatic heterocycles. The topological polar surface area (TPSA) is 66.5 Å². The van der Waals surface area contributed by atoms with Crippen LogP contribution in [0, 0.1) is 5.92 Å². The number of nitrogens with one attached hydrogen (secondary N) is 1. The second-order valence-electron chi connectivity index (χ2n) is 6.86. The predicted octanol–water partition coefficient (Wildman–Crippen LogP) is 3.58. The van der Waals surface area contributed by atoms with E-state index >= 15 is 0 Å². The standard InChI is InChI=1S/C19H27ClN2O3S/c1-4-22(16-7-9-17(23)10-8-16)19(24)13(2)11-14-5-6-15(12-18(14)20)21-26(3)25/h5-6,12-13,16,21H,4,7-11H2,1-3H3. The lowest BCUT2D eigenvalue weighted by molar-refractivity contribution is -0.139.